The molecule has 0 bridgehead atoms. The van der Waals surface area contributed by atoms with Gasteiger partial charge in [0.05, 0.1) is 12.3 Å². The van der Waals surface area contributed by atoms with Gasteiger partial charge in [0.2, 0.25) is 0 Å². The van der Waals surface area contributed by atoms with E-state index in [4.69, 9.17) is 4.74 Å². The van der Waals surface area contributed by atoms with Crippen LogP contribution in [0.15, 0.2) is 12.3 Å². The zero-order chi connectivity index (χ0) is 15.2. The molecule has 0 aliphatic rings. The van der Waals surface area contributed by atoms with Gasteiger partial charge in [-0.1, -0.05) is 0 Å². The summed E-state index contributed by atoms with van der Waals surface area (Å²) >= 11 is 0. The molecular weight excluding hydrogens is 254 g/mol. The highest BCUT2D eigenvalue weighted by molar-refractivity contribution is 5.80. The van der Waals surface area contributed by atoms with Crippen molar-refractivity contribution in [2.45, 2.75) is 65.6 Å². The van der Waals surface area contributed by atoms with Crippen molar-refractivity contribution in [3.63, 3.8) is 0 Å². The van der Waals surface area contributed by atoms with Crippen LogP contribution in [0.25, 0.3) is 0 Å². The van der Waals surface area contributed by atoms with Gasteiger partial charge in [-0.05, 0) is 53.5 Å². The van der Waals surface area contributed by atoms with Crippen molar-refractivity contribution in [2.75, 3.05) is 6.61 Å². The van der Waals surface area contributed by atoms with E-state index in [1.165, 1.54) is 0 Å². The van der Waals surface area contributed by atoms with Gasteiger partial charge in [0.15, 0.2) is 0 Å². The minimum atomic E-state index is -0.633. The SMILES string of the molecule is CCOC(=O)C(C)(CCCn1ccc(C)n1)NC(C)C. The van der Waals surface area contributed by atoms with Crippen molar-refractivity contribution in [1.29, 1.82) is 0 Å². The first-order chi connectivity index (χ1) is 9.37. The number of nitrogens with zero attached hydrogens (tertiary/aromatic N) is 2. The van der Waals surface area contributed by atoms with E-state index in [1.807, 2.05) is 51.6 Å². The third-order valence-corrected chi connectivity index (χ3v) is 3.17. The summed E-state index contributed by atoms with van der Waals surface area (Å²) in [7, 11) is 0. The summed E-state index contributed by atoms with van der Waals surface area (Å²) in [6.45, 7) is 11.0. The Hall–Kier alpha value is -1.36. The Kier molecular flexibility index (Phi) is 6.20. The zero-order valence-corrected chi connectivity index (χ0v) is 13.3. The van der Waals surface area contributed by atoms with Crippen LogP contribution in [-0.2, 0) is 16.1 Å². The van der Waals surface area contributed by atoms with Gasteiger partial charge in [-0.25, -0.2) is 0 Å². The maximum atomic E-state index is 12.1. The average molecular weight is 281 g/mol. The summed E-state index contributed by atoms with van der Waals surface area (Å²) in [6, 6.07) is 2.22. The summed E-state index contributed by atoms with van der Waals surface area (Å²) in [6.07, 6.45) is 3.56. The van der Waals surface area contributed by atoms with Crippen LogP contribution >= 0.6 is 0 Å². The standard InChI is InChI=1S/C15H27N3O2/c1-6-20-14(19)15(5,16-12(2)3)9-7-10-18-11-8-13(4)17-18/h8,11-12,16H,6-7,9-10H2,1-5H3. The molecule has 0 fully saturated rings. The molecule has 0 aromatic carbocycles. The van der Waals surface area contributed by atoms with Gasteiger partial charge >= 0.3 is 5.97 Å². The van der Waals surface area contributed by atoms with E-state index in [-0.39, 0.29) is 12.0 Å². The predicted molar refractivity (Wildman–Crippen MR) is 79.5 cm³/mol. The van der Waals surface area contributed by atoms with Gasteiger partial charge in [-0.15, -0.1) is 0 Å². The van der Waals surface area contributed by atoms with Gasteiger partial charge < -0.3 is 4.74 Å². The van der Waals surface area contributed by atoms with Crippen LogP contribution in [0.3, 0.4) is 0 Å². The van der Waals surface area contributed by atoms with Gasteiger partial charge in [0, 0.05) is 18.8 Å². The smallest absolute Gasteiger partial charge is 0.326 e. The predicted octanol–water partition coefficient (Wildman–Crippen LogP) is 2.29. The number of esters is 1. The monoisotopic (exact) mass is 281 g/mol. The number of hydrogen-bond acceptors (Lipinski definition) is 4. The molecule has 0 spiro atoms. The topological polar surface area (TPSA) is 56.2 Å². The maximum Gasteiger partial charge on any atom is 0.326 e. The van der Waals surface area contributed by atoms with Crippen LogP contribution in [0, 0.1) is 6.92 Å². The minimum Gasteiger partial charge on any atom is -0.465 e. The largest absolute Gasteiger partial charge is 0.465 e. The second-order valence-electron chi connectivity index (χ2n) is 5.68. The lowest BCUT2D eigenvalue weighted by atomic mass is 9.94. The minimum absolute atomic E-state index is 0.176. The summed E-state index contributed by atoms with van der Waals surface area (Å²) in [5.41, 5.74) is 0.380. The molecule has 1 N–H and O–H groups in total. The first kappa shape index (κ1) is 16.7. The molecule has 1 unspecified atom stereocenters. The Labute approximate surface area is 121 Å². The summed E-state index contributed by atoms with van der Waals surface area (Å²) in [5.74, 6) is -0.176. The third-order valence-electron chi connectivity index (χ3n) is 3.17. The molecule has 20 heavy (non-hydrogen) atoms. The van der Waals surface area contributed by atoms with Crippen molar-refractivity contribution in [1.82, 2.24) is 15.1 Å². The lowest BCUT2D eigenvalue weighted by molar-refractivity contribution is -0.151. The van der Waals surface area contributed by atoms with Crippen molar-refractivity contribution >= 4 is 5.97 Å². The molecule has 0 amide bonds. The van der Waals surface area contributed by atoms with Crippen molar-refractivity contribution in [2.24, 2.45) is 0 Å². The first-order valence-corrected chi connectivity index (χ1v) is 7.32. The molecule has 0 aliphatic carbocycles. The zero-order valence-electron chi connectivity index (χ0n) is 13.3. The lowest BCUT2D eigenvalue weighted by Crippen LogP contribution is -2.53. The normalized spacial score (nSPS) is 14.3. The Bertz CT molecular complexity index is 429. The molecule has 0 radical (unpaired) electrons. The van der Waals surface area contributed by atoms with Crippen LogP contribution in [0.4, 0.5) is 0 Å². The van der Waals surface area contributed by atoms with E-state index in [0.717, 1.165) is 25.1 Å². The molecule has 1 aromatic heterocycles. The average Bonchev–Trinajstić information content (AvgIpc) is 2.74. The van der Waals surface area contributed by atoms with Gasteiger partial charge in [-0.2, -0.15) is 5.10 Å². The Morgan fingerprint density at radius 1 is 1.55 bits per heavy atom. The Morgan fingerprint density at radius 3 is 2.75 bits per heavy atom. The number of nitrogens with one attached hydrogen (secondary N) is 1. The van der Waals surface area contributed by atoms with Crippen molar-refractivity contribution in [3.8, 4) is 0 Å². The van der Waals surface area contributed by atoms with Gasteiger partial charge in [0.1, 0.15) is 5.54 Å². The summed E-state index contributed by atoms with van der Waals surface area (Å²) in [4.78, 5) is 12.1. The Balaban J connectivity index is 2.57. The molecule has 5 heteroatoms. The van der Waals surface area contributed by atoms with Crippen LogP contribution in [0.5, 0.6) is 0 Å². The van der Waals surface area contributed by atoms with Crippen LogP contribution in [0.2, 0.25) is 0 Å². The lowest BCUT2D eigenvalue weighted by Gasteiger charge is -2.30. The molecule has 0 saturated carbocycles. The van der Waals surface area contributed by atoms with Crippen LogP contribution in [0.1, 0.15) is 46.2 Å². The molecule has 1 atom stereocenters. The van der Waals surface area contributed by atoms with Crippen molar-refractivity contribution < 1.29 is 9.53 Å². The van der Waals surface area contributed by atoms with E-state index in [2.05, 4.69) is 10.4 Å². The molecule has 1 heterocycles. The second-order valence-corrected chi connectivity index (χ2v) is 5.68. The molecule has 0 aliphatic heterocycles. The highest BCUT2D eigenvalue weighted by Gasteiger charge is 2.34. The highest BCUT2D eigenvalue weighted by atomic mass is 16.5. The molecule has 1 aromatic rings. The third kappa shape index (κ3) is 4.96. The molecule has 5 nitrogen and oxygen atoms in total. The number of aromatic nitrogens is 2. The number of aryl methyl sites for hydroxylation is 2. The molecule has 1 rings (SSSR count). The molecular formula is C15H27N3O2. The fourth-order valence-electron chi connectivity index (χ4n) is 2.34. The van der Waals surface area contributed by atoms with E-state index >= 15 is 0 Å². The highest BCUT2D eigenvalue weighted by Crippen LogP contribution is 2.16. The summed E-state index contributed by atoms with van der Waals surface area (Å²) < 4.78 is 7.10. The fraction of sp³-hybridized carbons (Fsp3) is 0.733. The van der Waals surface area contributed by atoms with Crippen molar-refractivity contribution in [3.05, 3.63) is 18.0 Å². The van der Waals surface area contributed by atoms with Crippen LogP contribution in [-0.4, -0.2) is 33.9 Å². The van der Waals surface area contributed by atoms with Crippen LogP contribution < -0.4 is 5.32 Å². The maximum absolute atomic E-state index is 12.1. The Morgan fingerprint density at radius 2 is 2.25 bits per heavy atom. The fourth-order valence-corrected chi connectivity index (χ4v) is 2.34. The number of carbonyl (C=O) groups excluding carboxylic acids is 1. The molecule has 114 valence electrons. The summed E-state index contributed by atoms with van der Waals surface area (Å²) in [5, 5.41) is 7.68. The van der Waals surface area contributed by atoms with E-state index in [0.29, 0.717) is 6.61 Å². The van der Waals surface area contributed by atoms with Gasteiger partial charge in [-0.3, -0.25) is 14.8 Å². The second kappa shape index (κ2) is 7.43. The number of rotatable bonds is 8. The quantitative estimate of drug-likeness (QED) is 0.743. The van der Waals surface area contributed by atoms with E-state index < -0.39 is 5.54 Å². The number of carbonyl (C=O) groups is 1. The van der Waals surface area contributed by atoms with E-state index in [9.17, 15) is 4.79 Å². The van der Waals surface area contributed by atoms with Gasteiger partial charge in [0.25, 0.3) is 0 Å². The van der Waals surface area contributed by atoms with E-state index in [1.54, 1.807) is 0 Å². The number of hydrogen-bond donors (Lipinski definition) is 1. The number of ether oxygens (including phenoxy) is 1. The molecule has 0 saturated heterocycles. The first-order valence-electron chi connectivity index (χ1n) is 7.32.